The molecule has 0 aromatic rings. The van der Waals surface area contributed by atoms with Crippen molar-refractivity contribution in [2.24, 2.45) is 5.92 Å². The number of rotatable bonds is 5. The monoisotopic (exact) mass is 229 g/mol. The number of aliphatic hydroxyl groups is 2. The molecule has 16 heavy (non-hydrogen) atoms. The van der Waals surface area contributed by atoms with E-state index in [1.54, 1.807) is 0 Å². The van der Waals surface area contributed by atoms with E-state index in [0.717, 1.165) is 19.3 Å². The molecule has 0 heterocycles. The highest BCUT2D eigenvalue weighted by atomic mass is 16.3. The Morgan fingerprint density at radius 2 is 2.19 bits per heavy atom. The van der Waals surface area contributed by atoms with Gasteiger partial charge in [0.15, 0.2) is 0 Å². The van der Waals surface area contributed by atoms with Crippen LogP contribution >= 0.6 is 0 Å². The molecular formula is C13H27NO2. The molecule has 1 rings (SSSR count). The van der Waals surface area contributed by atoms with Crippen LogP contribution in [-0.2, 0) is 0 Å². The fourth-order valence-electron chi connectivity index (χ4n) is 2.52. The summed E-state index contributed by atoms with van der Waals surface area (Å²) in [5.74, 6) is 0.667. The maximum atomic E-state index is 9.99. The smallest absolute Gasteiger partial charge is 0.0741 e. The van der Waals surface area contributed by atoms with Gasteiger partial charge in [0.05, 0.1) is 12.2 Å². The van der Waals surface area contributed by atoms with Crippen LogP contribution in [-0.4, -0.2) is 34.5 Å². The zero-order chi connectivity index (χ0) is 12.2. The van der Waals surface area contributed by atoms with Gasteiger partial charge in [0.25, 0.3) is 0 Å². The molecule has 1 aliphatic rings. The van der Waals surface area contributed by atoms with Crippen LogP contribution in [0.5, 0.6) is 0 Å². The summed E-state index contributed by atoms with van der Waals surface area (Å²) in [7, 11) is 0. The van der Waals surface area contributed by atoms with Gasteiger partial charge < -0.3 is 15.5 Å². The summed E-state index contributed by atoms with van der Waals surface area (Å²) >= 11 is 0. The topological polar surface area (TPSA) is 52.5 Å². The van der Waals surface area contributed by atoms with Gasteiger partial charge in [-0.1, -0.05) is 26.7 Å². The zero-order valence-corrected chi connectivity index (χ0v) is 10.9. The molecule has 0 bridgehead atoms. The normalized spacial score (nSPS) is 34.7. The lowest BCUT2D eigenvalue weighted by Crippen LogP contribution is -2.55. The van der Waals surface area contributed by atoms with Crippen LogP contribution < -0.4 is 5.32 Å². The second kappa shape index (κ2) is 5.48. The van der Waals surface area contributed by atoms with Crippen LogP contribution in [0.2, 0.25) is 0 Å². The summed E-state index contributed by atoms with van der Waals surface area (Å²) < 4.78 is 0. The predicted octanol–water partition coefficient (Wildman–Crippen LogP) is 1.68. The molecule has 1 fully saturated rings. The average molecular weight is 229 g/mol. The average Bonchev–Trinajstić information content (AvgIpc) is 2.27. The van der Waals surface area contributed by atoms with E-state index in [2.05, 4.69) is 12.2 Å². The van der Waals surface area contributed by atoms with E-state index in [9.17, 15) is 10.2 Å². The predicted molar refractivity (Wildman–Crippen MR) is 66.4 cm³/mol. The molecule has 0 spiro atoms. The van der Waals surface area contributed by atoms with Crippen LogP contribution in [0.1, 0.15) is 52.9 Å². The number of nitrogens with one attached hydrogen (secondary N) is 1. The van der Waals surface area contributed by atoms with E-state index in [1.165, 1.54) is 12.8 Å². The first kappa shape index (κ1) is 13.9. The minimum Gasteiger partial charge on any atom is -0.394 e. The van der Waals surface area contributed by atoms with Crippen molar-refractivity contribution in [1.29, 1.82) is 0 Å². The Morgan fingerprint density at radius 1 is 1.50 bits per heavy atom. The first-order valence-corrected chi connectivity index (χ1v) is 6.51. The summed E-state index contributed by atoms with van der Waals surface area (Å²) in [5, 5.41) is 23.0. The third-order valence-corrected chi connectivity index (χ3v) is 4.00. The lowest BCUT2D eigenvalue weighted by molar-refractivity contribution is 0.0262. The Bertz CT molecular complexity index is 218. The molecule has 3 atom stereocenters. The van der Waals surface area contributed by atoms with E-state index >= 15 is 0 Å². The molecule has 3 unspecified atom stereocenters. The molecule has 0 amide bonds. The van der Waals surface area contributed by atoms with Gasteiger partial charge >= 0.3 is 0 Å². The van der Waals surface area contributed by atoms with Gasteiger partial charge in [-0.05, 0) is 32.1 Å². The Balaban J connectivity index is 2.53. The first-order valence-electron chi connectivity index (χ1n) is 6.51. The number of hydrogen-bond acceptors (Lipinski definition) is 3. The molecule has 3 N–H and O–H groups in total. The van der Waals surface area contributed by atoms with Gasteiger partial charge in [0.1, 0.15) is 0 Å². The maximum absolute atomic E-state index is 9.99. The van der Waals surface area contributed by atoms with Crippen LogP contribution in [0.4, 0.5) is 0 Å². The second-order valence-corrected chi connectivity index (χ2v) is 5.84. The fourth-order valence-corrected chi connectivity index (χ4v) is 2.52. The summed E-state index contributed by atoms with van der Waals surface area (Å²) in [4.78, 5) is 0. The summed E-state index contributed by atoms with van der Waals surface area (Å²) in [5.41, 5.74) is -0.820. The highest BCUT2D eigenvalue weighted by molar-refractivity contribution is 4.94. The number of β-amino-alcohol motifs (C(OH)–C–C–N with tert-alkyl or cyclic N) is 1. The molecular weight excluding hydrogens is 202 g/mol. The number of aliphatic hydroxyl groups excluding tert-OH is 1. The van der Waals surface area contributed by atoms with Crippen molar-refractivity contribution in [1.82, 2.24) is 5.32 Å². The summed E-state index contributed by atoms with van der Waals surface area (Å²) in [6.45, 7) is 6.81. The molecule has 0 aromatic carbocycles. The third kappa shape index (κ3) is 3.72. The van der Waals surface area contributed by atoms with E-state index in [4.69, 9.17) is 0 Å². The van der Waals surface area contributed by atoms with Crippen molar-refractivity contribution in [3.05, 3.63) is 0 Å². The SMILES string of the molecule is CCC(C)(O)CNC1(CO)CCCC(C)C1. The van der Waals surface area contributed by atoms with Crippen LogP contribution in [0.15, 0.2) is 0 Å². The lowest BCUT2D eigenvalue weighted by Gasteiger charge is -2.41. The minimum absolute atomic E-state index is 0.156. The van der Waals surface area contributed by atoms with E-state index in [0.29, 0.717) is 12.5 Å². The van der Waals surface area contributed by atoms with Crippen molar-refractivity contribution >= 4 is 0 Å². The zero-order valence-electron chi connectivity index (χ0n) is 10.9. The van der Waals surface area contributed by atoms with Crippen molar-refractivity contribution in [2.75, 3.05) is 13.2 Å². The van der Waals surface area contributed by atoms with Crippen LogP contribution in [0.3, 0.4) is 0 Å². The molecule has 0 radical (unpaired) electrons. The van der Waals surface area contributed by atoms with Gasteiger partial charge in [-0.25, -0.2) is 0 Å². The fraction of sp³-hybridized carbons (Fsp3) is 1.00. The Hall–Kier alpha value is -0.120. The van der Waals surface area contributed by atoms with Crippen molar-refractivity contribution in [3.8, 4) is 0 Å². The highest BCUT2D eigenvalue weighted by Gasteiger charge is 2.35. The quantitative estimate of drug-likeness (QED) is 0.672. The summed E-state index contributed by atoms with van der Waals surface area (Å²) in [6.07, 6.45) is 5.20. The van der Waals surface area contributed by atoms with Crippen LogP contribution in [0, 0.1) is 5.92 Å². The van der Waals surface area contributed by atoms with E-state index in [-0.39, 0.29) is 12.1 Å². The standard InChI is InChI=1S/C13H27NO2/c1-4-12(3,16)9-14-13(10-15)7-5-6-11(2)8-13/h11,14-16H,4-10H2,1-3H3. The van der Waals surface area contributed by atoms with Crippen molar-refractivity contribution in [2.45, 2.75) is 64.0 Å². The molecule has 0 aliphatic heterocycles. The molecule has 0 aromatic heterocycles. The maximum Gasteiger partial charge on any atom is 0.0741 e. The molecule has 1 saturated carbocycles. The summed E-state index contributed by atoms with van der Waals surface area (Å²) in [6, 6.07) is 0. The highest BCUT2D eigenvalue weighted by Crippen LogP contribution is 2.32. The third-order valence-electron chi connectivity index (χ3n) is 4.00. The Labute approximate surface area is 99.3 Å². The van der Waals surface area contributed by atoms with Crippen molar-refractivity contribution < 1.29 is 10.2 Å². The van der Waals surface area contributed by atoms with E-state index in [1.807, 2.05) is 13.8 Å². The van der Waals surface area contributed by atoms with Gasteiger partial charge in [-0.15, -0.1) is 0 Å². The van der Waals surface area contributed by atoms with E-state index < -0.39 is 5.60 Å². The molecule has 0 saturated heterocycles. The Kier molecular flexibility index (Phi) is 4.77. The molecule has 3 nitrogen and oxygen atoms in total. The molecule has 1 aliphatic carbocycles. The first-order chi connectivity index (χ1) is 7.43. The Morgan fingerprint density at radius 3 is 2.69 bits per heavy atom. The van der Waals surface area contributed by atoms with Gasteiger partial charge in [-0.2, -0.15) is 0 Å². The van der Waals surface area contributed by atoms with Crippen LogP contribution in [0.25, 0.3) is 0 Å². The van der Waals surface area contributed by atoms with Gasteiger partial charge in [0.2, 0.25) is 0 Å². The minimum atomic E-state index is -0.664. The molecule has 96 valence electrons. The molecule has 3 heteroatoms. The number of hydrogen-bond donors (Lipinski definition) is 3. The van der Waals surface area contributed by atoms with Gasteiger partial charge in [-0.3, -0.25) is 0 Å². The lowest BCUT2D eigenvalue weighted by atomic mass is 9.76. The second-order valence-electron chi connectivity index (χ2n) is 5.84. The van der Waals surface area contributed by atoms with Crippen molar-refractivity contribution in [3.63, 3.8) is 0 Å². The largest absolute Gasteiger partial charge is 0.394 e. The van der Waals surface area contributed by atoms with Gasteiger partial charge in [0, 0.05) is 12.1 Å².